The third kappa shape index (κ3) is 4.19. The van der Waals surface area contributed by atoms with Crippen LogP contribution in [0.3, 0.4) is 0 Å². The van der Waals surface area contributed by atoms with Gasteiger partial charge in [0, 0.05) is 31.6 Å². The number of benzene rings is 1. The molecule has 7 nitrogen and oxygen atoms in total. The summed E-state index contributed by atoms with van der Waals surface area (Å²) in [5.74, 6) is 5.32. The van der Waals surface area contributed by atoms with Gasteiger partial charge in [-0.05, 0) is 25.5 Å². The second-order valence-corrected chi connectivity index (χ2v) is 4.73. The second kappa shape index (κ2) is 7.43. The summed E-state index contributed by atoms with van der Waals surface area (Å²) in [6.07, 6.45) is 0.452. The fraction of sp³-hybridized carbons (Fsp3) is 0.462. The van der Waals surface area contributed by atoms with E-state index < -0.39 is 4.92 Å². The summed E-state index contributed by atoms with van der Waals surface area (Å²) in [6, 6.07) is 7.22. The Hall–Kier alpha value is -2.17. The Labute approximate surface area is 118 Å². The van der Waals surface area contributed by atoms with E-state index in [1.165, 1.54) is 6.07 Å². The van der Waals surface area contributed by atoms with Gasteiger partial charge in [0.25, 0.3) is 5.69 Å². The Balaban J connectivity index is 2.91. The smallest absolute Gasteiger partial charge is 0.293 e. The number of nitrogens with two attached hydrogens (primary N) is 1. The fourth-order valence-corrected chi connectivity index (χ4v) is 1.90. The van der Waals surface area contributed by atoms with Crippen LogP contribution >= 0.6 is 0 Å². The Kier molecular flexibility index (Phi) is 5.90. The SMILES string of the molecule is CC(C)N(CCC#N)Cc1ccc([N+](=O)[O-])c(NN)c1. The van der Waals surface area contributed by atoms with Crippen molar-refractivity contribution in [2.45, 2.75) is 32.9 Å². The van der Waals surface area contributed by atoms with Gasteiger partial charge in [-0.3, -0.25) is 20.9 Å². The first-order valence-corrected chi connectivity index (χ1v) is 6.34. The van der Waals surface area contributed by atoms with E-state index in [1.807, 2.05) is 13.8 Å². The summed E-state index contributed by atoms with van der Waals surface area (Å²) in [7, 11) is 0. The van der Waals surface area contributed by atoms with E-state index in [2.05, 4.69) is 16.4 Å². The van der Waals surface area contributed by atoms with Gasteiger partial charge >= 0.3 is 0 Å². The van der Waals surface area contributed by atoms with Crippen molar-refractivity contribution >= 4 is 11.4 Å². The average Bonchev–Trinajstić information content (AvgIpc) is 2.42. The standard InChI is InChI=1S/C13H19N5O2/c1-10(2)17(7-3-6-14)9-11-4-5-13(18(19)20)12(8-11)16-15/h4-5,8,10,16H,3,7,9,15H2,1-2H3. The lowest BCUT2D eigenvalue weighted by Gasteiger charge is -2.25. The van der Waals surface area contributed by atoms with Crippen LogP contribution in [0.5, 0.6) is 0 Å². The van der Waals surface area contributed by atoms with E-state index >= 15 is 0 Å². The highest BCUT2D eigenvalue weighted by Crippen LogP contribution is 2.25. The molecule has 0 bridgehead atoms. The van der Waals surface area contributed by atoms with Gasteiger partial charge in [-0.25, -0.2) is 0 Å². The Morgan fingerprint density at radius 2 is 2.25 bits per heavy atom. The number of hydrogen-bond acceptors (Lipinski definition) is 6. The number of hydrazine groups is 1. The Bertz CT molecular complexity index is 510. The highest BCUT2D eigenvalue weighted by Gasteiger charge is 2.15. The molecule has 0 aromatic heterocycles. The summed E-state index contributed by atoms with van der Waals surface area (Å²) in [5.41, 5.74) is 3.50. The molecule has 0 unspecified atom stereocenters. The van der Waals surface area contributed by atoms with Crippen molar-refractivity contribution in [1.82, 2.24) is 4.90 Å². The third-order valence-electron chi connectivity index (χ3n) is 3.04. The molecule has 0 fully saturated rings. The highest BCUT2D eigenvalue weighted by atomic mass is 16.6. The molecule has 0 saturated carbocycles. The Morgan fingerprint density at radius 3 is 2.75 bits per heavy atom. The number of nitro groups is 1. The van der Waals surface area contributed by atoms with Crippen molar-refractivity contribution in [2.75, 3.05) is 12.0 Å². The predicted molar refractivity (Wildman–Crippen MR) is 76.7 cm³/mol. The molecule has 1 aromatic rings. The van der Waals surface area contributed by atoms with E-state index in [1.54, 1.807) is 12.1 Å². The monoisotopic (exact) mass is 277 g/mol. The molecule has 1 aromatic carbocycles. The van der Waals surface area contributed by atoms with Crippen molar-refractivity contribution in [1.29, 1.82) is 5.26 Å². The van der Waals surface area contributed by atoms with Gasteiger partial charge in [0.1, 0.15) is 5.69 Å². The van der Waals surface area contributed by atoms with Gasteiger partial charge in [0.15, 0.2) is 0 Å². The minimum atomic E-state index is -0.477. The molecule has 0 aliphatic rings. The summed E-state index contributed by atoms with van der Waals surface area (Å²) in [6.45, 7) is 5.37. The van der Waals surface area contributed by atoms with E-state index in [-0.39, 0.29) is 17.4 Å². The van der Waals surface area contributed by atoms with Crippen LogP contribution in [-0.2, 0) is 6.54 Å². The maximum Gasteiger partial charge on any atom is 0.293 e. The molecule has 0 radical (unpaired) electrons. The largest absolute Gasteiger partial charge is 0.318 e. The fourth-order valence-electron chi connectivity index (χ4n) is 1.90. The molecule has 0 heterocycles. The van der Waals surface area contributed by atoms with Crippen molar-refractivity contribution < 1.29 is 4.92 Å². The van der Waals surface area contributed by atoms with Crippen LogP contribution in [0.25, 0.3) is 0 Å². The molecule has 3 N–H and O–H groups in total. The summed E-state index contributed by atoms with van der Waals surface area (Å²) in [5, 5.41) is 19.5. The number of nitriles is 1. The molecule has 1 rings (SSSR count). The third-order valence-corrected chi connectivity index (χ3v) is 3.04. The minimum absolute atomic E-state index is 0.0515. The van der Waals surface area contributed by atoms with Gasteiger partial charge in [-0.1, -0.05) is 6.07 Å². The molecule has 0 spiro atoms. The topological polar surface area (TPSA) is 108 Å². The summed E-state index contributed by atoms with van der Waals surface area (Å²) < 4.78 is 0. The zero-order valence-corrected chi connectivity index (χ0v) is 11.7. The van der Waals surface area contributed by atoms with Crippen molar-refractivity contribution in [3.63, 3.8) is 0 Å². The lowest BCUT2D eigenvalue weighted by Crippen LogP contribution is -2.31. The maximum atomic E-state index is 10.8. The van der Waals surface area contributed by atoms with Gasteiger partial charge in [-0.2, -0.15) is 5.26 Å². The molecule has 0 atom stereocenters. The number of anilines is 1. The summed E-state index contributed by atoms with van der Waals surface area (Å²) in [4.78, 5) is 12.5. The molecule has 7 heteroatoms. The highest BCUT2D eigenvalue weighted by molar-refractivity contribution is 5.62. The van der Waals surface area contributed by atoms with Crippen LogP contribution in [0.2, 0.25) is 0 Å². The maximum absolute atomic E-state index is 10.8. The molecule has 0 aliphatic heterocycles. The zero-order valence-electron chi connectivity index (χ0n) is 11.7. The van der Waals surface area contributed by atoms with E-state index in [0.717, 1.165) is 5.56 Å². The number of hydrogen-bond donors (Lipinski definition) is 2. The normalized spacial score (nSPS) is 10.6. The first-order chi connectivity index (χ1) is 9.49. The van der Waals surface area contributed by atoms with Crippen molar-refractivity contribution in [2.24, 2.45) is 5.84 Å². The quantitative estimate of drug-likeness (QED) is 0.448. The number of nitro benzene ring substituents is 1. The predicted octanol–water partition coefficient (Wildman–Crippen LogP) is 2.00. The zero-order chi connectivity index (χ0) is 15.1. The van der Waals surface area contributed by atoms with Crippen molar-refractivity contribution in [3.05, 3.63) is 33.9 Å². The second-order valence-electron chi connectivity index (χ2n) is 4.73. The van der Waals surface area contributed by atoms with Gasteiger partial charge in [-0.15, -0.1) is 0 Å². The number of nitrogens with one attached hydrogen (secondary N) is 1. The lowest BCUT2D eigenvalue weighted by atomic mass is 10.1. The Morgan fingerprint density at radius 1 is 1.55 bits per heavy atom. The van der Waals surface area contributed by atoms with E-state index in [9.17, 15) is 10.1 Å². The first kappa shape index (κ1) is 15.9. The van der Waals surface area contributed by atoms with Crippen molar-refractivity contribution in [3.8, 4) is 6.07 Å². The molecule has 108 valence electrons. The lowest BCUT2D eigenvalue weighted by molar-refractivity contribution is -0.384. The van der Waals surface area contributed by atoms with Crippen LogP contribution in [0.15, 0.2) is 18.2 Å². The van der Waals surface area contributed by atoms with E-state index in [4.69, 9.17) is 11.1 Å². The summed E-state index contributed by atoms with van der Waals surface area (Å²) >= 11 is 0. The minimum Gasteiger partial charge on any atom is -0.318 e. The number of nitrogens with zero attached hydrogens (tertiary/aromatic N) is 3. The van der Waals surface area contributed by atoms with Crippen LogP contribution in [0, 0.1) is 21.4 Å². The molecule has 20 heavy (non-hydrogen) atoms. The van der Waals surface area contributed by atoms with Crippen LogP contribution in [-0.4, -0.2) is 22.4 Å². The number of nitrogen functional groups attached to an aromatic ring is 1. The van der Waals surface area contributed by atoms with Gasteiger partial charge in [0.2, 0.25) is 0 Å². The first-order valence-electron chi connectivity index (χ1n) is 6.34. The van der Waals surface area contributed by atoms with E-state index in [0.29, 0.717) is 19.5 Å². The van der Waals surface area contributed by atoms with Crippen LogP contribution in [0.1, 0.15) is 25.8 Å². The number of rotatable bonds is 7. The molecular formula is C13H19N5O2. The molecular weight excluding hydrogens is 258 g/mol. The van der Waals surface area contributed by atoms with Gasteiger partial charge < -0.3 is 5.43 Å². The van der Waals surface area contributed by atoms with Crippen LogP contribution < -0.4 is 11.3 Å². The molecule has 0 saturated heterocycles. The van der Waals surface area contributed by atoms with Crippen LogP contribution in [0.4, 0.5) is 11.4 Å². The molecule has 0 amide bonds. The average molecular weight is 277 g/mol. The van der Waals surface area contributed by atoms with Gasteiger partial charge in [0.05, 0.1) is 11.0 Å². The molecule has 0 aliphatic carbocycles.